The molecule has 65 heavy (non-hydrogen) atoms. The normalized spacial score (nSPS) is 17.1. The van der Waals surface area contributed by atoms with Crippen molar-refractivity contribution < 1.29 is 18.3 Å². The standard InChI is InChI=1S/C59H98O4Si2/c1-10-11-12-13-14-15-18-21-24-36-45-56(62-64(8,9)58(2,3)4)54-47-48-55(61-54)57(63-65(59(5,6)7,52-41-32-28-33-42-52)53-43-34-29-35-44-53)46-37-25-22-19-16-17-20-23-26-38-49-60-50-51-39-30-27-31-40-51/h27-35,39-44,54-57H,10-26,36-38,45-50H2,1-9H3/t54-,55-,56-,57-/m1/s1. The second kappa shape index (κ2) is 29.7. The molecule has 0 saturated carbocycles. The molecule has 6 heteroatoms. The quantitative estimate of drug-likeness (QED) is 0.0442. The monoisotopic (exact) mass is 927 g/mol. The van der Waals surface area contributed by atoms with Gasteiger partial charge < -0.3 is 18.3 Å². The molecule has 1 heterocycles. The van der Waals surface area contributed by atoms with Crippen LogP contribution < -0.4 is 10.4 Å². The topological polar surface area (TPSA) is 36.9 Å². The molecule has 0 radical (unpaired) electrons. The lowest BCUT2D eigenvalue weighted by atomic mass is 10.00. The van der Waals surface area contributed by atoms with E-state index in [1.807, 2.05) is 0 Å². The van der Waals surface area contributed by atoms with Crippen LogP contribution in [-0.4, -0.2) is 47.7 Å². The molecule has 1 saturated heterocycles. The lowest BCUT2D eigenvalue weighted by Crippen LogP contribution is -2.68. The van der Waals surface area contributed by atoms with Gasteiger partial charge >= 0.3 is 0 Å². The lowest BCUT2D eigenvalue weighted by molar-refractivity contribution is -0.0708. The first kappa shape index (κ1) is 55.5. The van der Waals surface area contributed by atoms with Gasteiger partial charge in [0.2, 0.25) is 0 Å². The summed E-state index contributed by atoms with van der Waals surface area (Å²) < 4.78 is 28.7. The Labute approximate surface area is 403 Å². The predicted octanol–water partition coefficient (Wildman–Crippen LogP) is 16.7. The first-order chi connectivity index (χ1) is 31.3. The van der Waals surface area contributed by atoms with E-state index in [0.717, 1.165) is 38.9 Å². The second-order valence-electron chi connectivity index (χ2n) is 22.4. The van der Waals surface area contributed by atoms with Crippen LogP contribution in [0.1, 0.15) is 208 Å². The van der Waals surface area contributed by atoms with Crippen molar-refractivity contribution in [1.29, 1.82) is 0 Å². The van der Waals surface area contributed by atoms with E-state index in [9.17, 15) is 0 Å². The molecule has 366 valence electrons. The average molecular weight is 928 g/mol. The summed E-state index contributed by atoms with van der Waals surface area (Å²) in [5, 5.41) is 2.80. The van der Waals surface area contributed by atoms with E-state index in [2.05, 4.69) is 153 Å². The Kier molecular flexibility index (Phi) is 25.4. The molecule has 0 bridgehead atoms. The Morgan fingerprint density at radius 1 is 0.492 bits per heavy atom. The Balaban J connectivity index is 1.39. The fraction of sp³-hybridized carbons (Fsp3) is 0.695. The third kappa shape index (κ3) is 19.1. The zero-order valence-electron chi connectivity index (χ0n) is 43.5. The maximum Gasteiger partial charge on any atom is 0.261 e. The maximum atomic E-state index is 8.01. The minimum absolute atomic E-state index is 0.0359. The molecule has 0 spiro atoms. The van der Waals surface area contributed by atoms with E-state index in [-0.39, 0.29) is 34.5 Å². The van der Waals surface area contributed by atoms with Gasteiger partial charge in [-0.3, -0.25) is 0 Å². The maximum absolute atomic E-state index is 8.01. The van der Waals surface area contributed by atoms with Gasteiger partial charge in [0.1, 0.15) is 0 Å². The molecule has 0 aromatic heterocycles. The summed E-state index contributed by atoms with van der Waals surface area (Å²) in [4.78, 5) is 0. The van der Waals surface area contributed by atoms with Crippen molar-refractivity contribution in [1.82, 2.24) is 0 Å². The van der Waals surface area contributed by atoms with Crippen molar-refractivity contribution in [2.45, 2.75) is 257 Å². The second-order valence-corrected chi connectivity index (χ2v) is 31.4. The van der Waals surface area contributed by atoms with Crippen LogP contribution in [0.2, 0.25) is 23.2 Å². The van der Waals surface area contributed by atoms with Gasteiger partial charge in [-0.1, -0.05) is 261 Å². The molecule has 1 aliphatic heterocycles. The molecule has 0 unspecified atom stereocenters. The molecule has 3 aromatic rings. The van der Waals surface area contributed by atoms with Gasteiger partial charge in [-0.25, -0.2) is 0 Å². The van der Waals surface area contributed by atoms with Gasteiger partial charge in [0.15, 0.2) is 8.32 Å². The van der Waals surface area contributed by atoms with Gasteiger partial charge in [0.05, 0.1) is 31.0 Å². The molecular formula is C59H98O4Si2. The zero-order chi connectivity index (χ0) is 46.9. The van der Waals surface area contributed by atoms with Crippen molar-refractivity contribution in [2.24, 2.45) is 0 Å². The highest BCUT2D eigenvalue weighted by Gasteiger charge is 2.53. The summed E-state index contributed by atoms with van der Waals surface area (Å²) in [6, 6.07) is 33.0. The third-order valence-electron chi connectivity index (χ3n) is 14.9. The van der Waals surface area contributed by atoms with E-state index in [0.29, 0.717) is 0 Å². The summed E-state index contributed by atoms with van der Waals surface area (Å²) in [6.45, 7) is 23.2. The van der Waals surface area contributed by atoms with E-state index in [4.69, 9.17) is 18.3 Å². The van der Waals surface area contributed by atoms with Crippen molar-refractivity contribution in [3.63, 3.8) is 0 Å². The van der Waals surface area contributed by atoms with Crippen molar-refractivity contribution in [2.75, 3.05) is 6.61 Å². The molecule has 0 N–H and O–H groups in total. The van der Waals surface area contributed by atoms with Crippen LogP contribution in [-0.2, 0) is 24.9 Å². The van der Waals surface area contributed by atoms with Gasteiger partial charge in [-0.15, -0.1) is 0 Å². The highest BCUT2D eigenvalue weighted by Crippen LogP contribution is 2.43. The first-order valence-corrected chi connectivity index (χ1v) is 31.8. The van der Waals surface area contributed by atoms with Crippen LogP contribution in [0.25, 0.3) is 0 Å². The van der Waals surface area contributed by atoms with Crippen LogP contribution in [0, 0.1) is 0 Å². The minimum atomic E-state index is -2.77. The molecule has 3 aromatic carbocycles. The van der Waals surface area contributed by atoms with Crippen LogP contribution in [0.15, 0.2) is 91.0 Å². The predicted molar refractivity (Wildman–Crippen MR) is 286 cm³/mol. The molecule has 4 rings (SSSR count). The van der Waals surface area contributed by atoms with Crippen LogP contribution in [0.5, 0.6) is 0 Å². The zero-order valence-corrected chi connectivity index (χ0v) is 45.5. The summed E-state index contributed by atoms with van der Waals surface area (Å²) in [5.41, 5.74) is 1.26. The molecule has 0 amide bonds. The number of benzene rings is 3. The highest BCUT2D eigenvalue weighted by atomic mass is 28.4. The molecule has 1 aliphatic rings. The average Bonchev–Trinajstić information content (AvgIpc) is 3.78. The number of hydrogen-bond donors (Lipinski definition) is 0. The fourth-order valence-corrected chi connectivity index (χ4v) is 16.0. The minimum Gasteiger partial charge on any atom is -0.411 e. The van der Waals surface area contributed by atoms with Gasteiger partial charge in [-0.05, 0) is 71.2 Å². The van der Waals surface area contributed by atoms with Crippen molar-refractivity contribution >= 4 is 27.0 Å². The summed E-state index contributed by atoms with van der Waals surface area (Å²) in [7, 11) is -4.78. The Morgan fingerprint density at radius 3 is 1.29 bits per heavy atom. The molecule has 4 atom stereocenters. The van der Waals surface area contributed by atoms with Gasteiger partial charge in [0, 0.05) is 6.61 Å². The molecule has 0 aliphatic carbocycles. The van der Waals surface area contributed by atoms with E-state index >= 15 is 0 Å². The number of ether oxygens (including phenoxy) is 2. The van der Waals surface area contributed by atoms with E-state index in [1.54, 1.807) is 0 Å². The van der Waals surface area contributed by atoms with Crippen LogP contribution in [0.3, 0.4) is 0 Å². The van der Waals surface area contributed by atoms with Gasteiger partial charge in [0.25, 0.3) is 8.32 Å². The van der Waals surface area contributed by atoms with Crippen LogP contribution >= 0.6 is 0 Å². The van der Waals surface area contributed by atoms with Crippen LogP contribution in [0.4, 0.5) is 0 Å². The number of unbranched alkanes of at least 4 members (excludes halogenated alkanes) is 18. The molecule has 1 fully saturated rings. The fourth-order valence-electron chi connectivity index (χ4n) is 9.91. The summed E-state index contributed by atoms with van der Waals surface area (Å²) in [5.74, 6) is 0. The molecule has 4 nitrogen and oxygen atoms in total. The third-order valence-corrected chi connectivity index (χ3v) is 24.5. The van der Waals surface area contributed by atoms with E-state index < -0.39 is 16.6 Å². The smallest absolute Gasteiger partial charge is 0.261 e. The highest BCUT2D eigenvalue weighted by molar-refractivity contribution is 6.99. The van der Waals surface area contributed by atoms with E-state index in [1.165, 1.54) is 144 Å². The lowest BCUT2D eigenvalue weighted by Gasteiger charge is -2.46. The number of rotatable bonds is 34. The molecular weight excluding hydrogens is 829 g/mol. The summed E-state index contributed by atoms with van der Waals surface area (Å²) in [6.07, 6.45) is 31.0. The van der Waals surface area contributed by atoms with Crippen molar-refractivity contribution in [3.8, 4) is 0 Å². The Morgan fingerprint density at radius 2 is 0.877 bits per heavy atom. The Bertz CT molecular complexity index is 1580. The summed E-state index contributed by atoms with van der Waals surface area (Å²) >= 11 is 0. The van der Waals surface area contributed by atoms with Crippen molar-refractivity contribution in [3.05, 3.63) is 96.6 Å². The van der Waals surface area contributed by atoms with Gasteiger partial charge in [-0.2, -0.15) is 0 Å². The first-order valence-electron chi connectivity index (χ1n) is 27.0. The largest absolute Gasteiger partial charge is 0.411 e. The SMILES string of the molecule is CCCCCCCCCCCC[C@@H](O[Si](C)(C)C(C)(C)C)[C@H]1CC[C@H]([C@@H](CCCCCCCCCCCCOCc2ccccc2)O[Si](c2ccccc2)(c2ccccc2)C(C)(C)C)O1. The number of hydrogen-bond acceptors (Lipinski definition) is 4. The Hall–Kier alpha value is -2.07.